The molecule has 0 bridgehead atoms. The minimum Gasteiger partial charge on any atom is -0.371 e. The minimum atomic E-state index is -0.224. The Balaban J connectivity index is 2.02. The molecule has 0 aromatic heterocycles. The van der Waals surface area contributed by atoms with E-state index in [0.717, 1.165) is 16.8 Å². The number of anilines is 1. The third-order valence-corrected chi connectivity index (χ3v) is 2.89. The van der Waals surface area contributed by atoms with E-state index in [-0.39, 0.29) is 11.8 Å². The molecular formula is C14H11NO. The number of ketones is 1. The molecule has 2 aromatic rings. The third kappa shape index (κ3) is 1.31. The van der Waals surface area contributed by atoms with Gasteiger partial charge < -0.3 is 5.32 Å². The molecule has 1 atom stereocenters. The molecule has 0 amide bonds. The van der Waals surface area contributed by atoms with E-state index in [0.29, 0.717) is 0 Å². The van der Waals surface area contributed by atoms with Gasteiger partial charge in [0.1, 0.15) is 6.04 Å². The first-order chi connectivity index (χ1) is 7.86. The second kappa shape index (κ2) is 3.49. The van der Waals surface area contributed by atoms with Crippen molar-refractivity contribution in [1.82, 2.24) is 0 Å². The molecule has 2 aromatic carbocycles. The zero-order chi connectivity index (χ0) is 11.0. The topological polar surface area (TPSA) is 29.1 Å². The molecular weight excluding hydrogens is 198 g/mol. The largest absolute Gasteiger partial charge is 0.371 e. The number of Topliss-reactive ketones (excluding diaryl/α,β-unsaturated/α-hetero) is 1. The van der Waals surface area contributed by atoms with Gasteiger partial charge in [0.15, 0.2) is 5.78 Å². The molecule has 1 heterocycles. The molecule has 0 saturated carbocycles. The Labute approximate surface area is 93.9 Å². The predicted octanol–water partition coefficient (Wildman–Crippen LogP) is 3.04. The second-order valence-corrected chi connectivity index (χ2v) is 3.90. The quantitative estimate of drug-likeness (QED) is 0.782. The summed E-state index contributed by atoms with van der Waals surface area (Å²) in [6, 6.07) is 17.2. The lowest BCUT2D eigenvalue weighted by Crippen LogP contribution is -2.12. The summed E-state index contributed by atoms with van der Waals surface area (Å²) in [5.41, 5.74) is 2.74. The number of para-hydroxylation sites is 1. The maximum atomic E-state index is 12.1. The van der Waals surface area contributed by atoms with Crippen molar-refractivity contribution in [3.8, 4) is 0 Å². The number of benzene rings is 2. The highest BCUT2D eigenvalue weighted by Crippen LogP contribution is 2.33. The molecule has 0 unspecified atom stereocenters. The number of carbonyl (C=O) groups excluding carboxylic acids is 1. The van der Waals surface area contributed by atoms with Gasteiger partial charge in [-0.05, 0) is 17.7 Å². The van der Waals surface area contributed by atoms with Crippen molar-refractivity contribution in [2.45, 2.75) is 6.04 Å². The van der Waals surface area contributed by atoms with E-state index in [2.05, 4.69) is 5.32 Å². The van der Waals surface area contributed by atoms with Gasteiger partial charge in [-0.3, -0.25) is 4.79 Å². The zero-order valence-corrected chi connectivity index (χ0v) is 8.68. The van der Waals surface area contributed by atoms with Crippen LogP contribution in [0.3, 0.4) is 0 Å². The molecule has 0 saturated heterocycles. The first kappa shape index (κ1) is 9.16. The molecule has 16 heavy (non-hydrogen) atoms. The molecule has 78 valence electrons. The Bertz CT molecular complexity index is 533. The van der Waals surface area contributed by atoms with Crippen molar-refractivity contribution < 1.29 is 4.79 Å². The lowest BCUT2D eigenvalue weighted by atomic mass is 10.0. The van der Waals surface area contributed by atoms with Gasteiger partial charge in [0.2, 0.25) is 0 Å². The minimum absolute atomic E-state index is 0.154. The van der Waals surface area contributed by atoms with Crippen LogP contribution in [-0.4, -0.2) is 5.78 Å². The van der Waals surface area contributed by atoms with Crippen molar-refractivity contribution >= 4 is 11.5 Å². The number of carbonyl (C=O) groups is 1. The fourth-order valence-electron chi connectivity index (χ4n) is 2.08. The van der Waals surface area contributed by atoms with E-state index in [1.54, 1.807) is 0 Å². The Kier molecular flexibility index (Phi) is 2.00. The molecule has 0 fully saturated rings. The standard InChI is InChI=1S/C14H11NO/c16-14-11-8-4-5-9-12(11)15-13(14)10-6-2-1-3-7-10/h1-9,13,15H/t13-/m1/s1. The first-order valence-corrected chi connectivity index (χ1v) is 5.31. The summed E-state index contributed by atoms with van der Waals surface area (Å²) in [5, 5.41) is 3.25. The summed E-state index contributed by atoms with van der Waals surface area (Å²) in [5.74, 6) is 0.154. The summed E-state index contributed by atoms with van der Waals surface area (Å²) in [6.07, 6.45) is 0. The molecule has 2 heteroatoms. The van der Waals surface area contributed by atoms with Crippen LogP contribution in [0, 0.1) is 0 Å². The van der Waals surface area contributed by atoms with Crippen LogP contribution in [-0.2, 0) is 0 Å². The summed E-state index contributed by atoms with van der Waals surface area (Å²) in [7, 11) is 0. The van der Waals surface area contributed by atoms with Crippen molar-refractivity contribution in [3.05, 3.63) is 65.7 Å². The zero-order valence-electron chi connectivity index (χ0n) is 8.68. The monoisotopic (exact) mass is 209 g/mol. The summed E-state index contributed by atoms with van der Waals surface area (Å²) in [6.45, 7) is 0. The van der Waals surface area contributed by atoms with Gasteiger partial charge in [-0.15, -0.1) is 0 Å². The molecule has 3 rings (SSSR count). The van der Waals surface area contributed by atoms with Crippen LogP contribution in [0.25, 0.3) is 0 Å². The Morgan fingerprint density at radius 3 is 2.31 bits per heavy atom. The van der Waals surface area contributed by atoms with E-state index < -0.39 is 0 Å². The van der Waals surface area contributed by atoms with Crippen LogP contribution in [0.4, 0.5) is 5.69 Å². The maximum Gasteiger partial charge on any atom is 0.191 e. The normalized spacial score (nSPS) is 18.0. The van der Waals surface area contributed by atoms with Crippen LogP contribution in [0.1, 0.15) is 22.0 Å². The van der Waals surface area contributed by atoms with E-state index in [1.165, 1.54) is 0 Å². The second-order valence-electron chi connectivity index (χ2n) is 3.90. The molecule has 1 aliphatic rings. The Morgan fingerprint density at radius 1 is 0.875 bits per heavy atom. The van der Waals surface area contributed by atoms with E-state index in [4.69, 9.17) is 0 Å². The van der Waals surface area contributed by atoms with Crippen LogP contribution in [0.5, 0.6) is 0 Å². The number of nitrogens with one attached hydrogen (secondary N) is 1. The highest BCUT2D eigenvalue weighted by molar-refractivity contribution is 6.10. The van der Waals surface area contributed by atoms with Crippen LogP contribution in [0.15, 0.2) is 54.6 Å². The summed E-state index contributed by atoms with van der Waals surface area (Å²) < 4.78 is 0. The predicted molar refractivity (Wildman–Crippen MR) is 63.6 cm³/mol. The Hall–Kier alpha value is -2.09. The summed E-state index contributed by atoms with van der Waals surface area (Å²) in [4.78, 5) is 12.1. The first-order valence-electron chi connectivity index (χ1n) is 5.31. The average molecular weight is 209 g/mol. The Morgan fingerprint density at radius 2 is 1.56 bits per heavy atom. The van der Waals surface area contributed by atoms with E-state index in [9.17, 15) is 4.79 Å². The van der Waals surface area contributed by atoms with Gasteiger partial charge in [-0.2, -0.15) is 0 Å². The smallest absolute Gasteiger partial charge is 0.191 e. The third-order valence-electron chi connectivity index (χ3n) is 2.89. The van der Waals surface area contributed by atoms with E-state index >= 15 is 0 Å². The van der Waals surface area contributed by atoms with Crippen molar-refractivity contribution in [3.63, 3.8) is 0 Å². The molecule has 2 nitrogen and oxygen atoms in total. The van der Waals surface area contributed by atoms with Gasteiger partial charge in [0.05, 0.1) is 0 Å². The van der Waals surface area contributed by atoms with Crippen LogP contribution >= 0.6 is 0 Å². The van der Waals surface area contributed by atoms with Gasteiger partial charge >= 0.3 is 0 Å². The highest BCUT2D eigenvalue weighted by Gasteiger charge is 2.30. The number of hydrogen-bond acceptors (Lipinski definition) is 2. The molecule has 0 spiro atoms. The lowest BCUT2D eigenvalue weighted by Gasteiger charge is -2.09. The molecule has 1 aliphatic heterocycles. The fraction of sp³-hybridized carbons (Fsp3) is 0.0714. The lowest BCUT2D eigenvalue weighted by molar-refractivity contribution is 0.0979. The SMILES string of the molecule is O=C1c2ccccc2N[C@@H]1c1ccccc1. The van der Waals surface area contributed by atoms with Crippen molar-refractivity contribution in [2.75, 3.05) is 5.32 Å². The molecule has 1 N–H and O–H groups in total. The van der Waals surface area contributed by atoms with Crippen molar-refractivity contribution in [1.29, 1.82) is 0 Å². The number of hydrogen-bond donors (Lipinski definition) is 1. The highest BCUT2D eigenvalue weighted by atomic mass is 16.1. The van der Waals surface area contributed by atoms with Crippen LogP contribution < -0.4 is 5.32 Å². The summed E-state index contributed by atoms with van der Waals surface area (Å²) >= 11 is 0. The van der Waals surface area contributed by atoms with Gasteiger partial charge in [0.25, 0.3) is 0 Å². The van der Waals surface area contributed by atoms with Crippen molar-refractivity contribution in [2.24, 2.45) is 0 Å². The van der Waals surface area contributed by atoms with E-state index in [1.807, 2.05) is 54.6 Å². The average Bonchev–Trinajstić information content (AvgIpc) is 2.69. The van der Waals surface area contributed by atoms with Crippen LogP contribution in [0.2, 0.25) is 0 Å². The fourth-order valence-corrected chi connectivity index (χ4v) is 2.08. The number of rotatable bonds is 1. The van der Waals surface area contributed by atoms with Gasteiger partial charge in [0, 0.05) is 11.3 Å². The van der Waals surface area contributed by atoms with Gasteiger partial charge in [-0.1, -0.05) is 42.5 Å². The molecule has 0 aliphatic carbocycles. The van der Waals surface area contributed by atoms with Gasteiger partial charge in [-0.25, -0.2) is 0 Å². The maximum absolute atomic E-state index is 12.1. The number of fused-ring (bicyclic) bond motifs is 1. The molecule has 0 radical (unpaired) electrons.